The van der Waals surface area contributed by atoms with Crippen LogP contribution >= 0.6 is 0 Å². The van der Waals surface area contributed by atoms with Crippen LogP contribution in [0, 0.1) is 5.41 Å². The van der Waals surface area contributed by atoms with E-state index < -0.39 is 0 Å². The summed E-state index contributed by atoms with van der Waals surface area (Å²) in [6.07, 6.45) is 6.25. The topological polar surface area (TPSA) is 21.3 Å². The first-order valence-electron chi connectivity index (χ1n) is 7.60. The molecular weight excluding hydrogens is 234 g/mol. The highest BCUT2D eigenvalue weighted by atomic mass is 16.5. The SMILES string of the molecule is CC(C)(CCc1ccc2c(c1)CCO2)CNC1CC1. The highest BCUT2D eigenvalue weighted by Crippen LogP contribution is 2.29. The number of hydrogen-bond acceptors (Lipinski definition) is 2. The summed E-state index contributed by atoms with van der Waals surface area (Å²) in [7, 11) is 0. The van der Waals surface area contributed by atoms with Crippen molar-refractivity contribution in [1.82, 2.24) is 5.32 Å². The van der Waals surface area contributed by atoms with Crippen molar-refractivity contribution in [3.63, 3.8) is 0 Å². The highest BCUT2D eigenvalue weighted by molar-refractivity contribution is 5.39. The van der Waals surface area contributed by atoms with Crippen LogP contribution in [-0.4, -0.2) is 19.2 Å². The van der Waals surface area contributed by atoms with Gasteiger partial charge >= 0.3 is 0 Å². The van der Waals surface area contributed by atoms with E-state index in [1.807, 2.05) is 0 Å². The average Bonchev–Trinajstić information content (AvgIpc) is 3.11. The molecule has 0 unspecified atom stereocenters. The van der Waals surface area contributed by atoms with E-state index in [1.54, 1.807) is 0 Å². The standard InChI is InChI=1S/C17H25NO/c1-17(2,12-18-15-4-5-15)9-7-13-3-6-16-14(11-13)8-10-19-16/h3,6,11,15,18H,4-5,7-10,12H2,1-2H3. The molecule has 104 valence electrons. The van der Waals surface area contributed by atoms with E-state index in [9.17, 15) is 0 Å². The van der Waals surface area contributed by atoms with Crippen molar-refractivity contribution < 1.29 is 4.74 Å². The lowest BCUT2D eigenvalue weighted by Gasteiger charge is -2.25. The molecule has 1 N–H and O–H groups in total. The average molecular weight is 259 g/mol. The van der Waals surface area contributed by atoms with E-state index in [0.717, 1.165) is 31.4 Å². The fourth-order valence-corrected chi connectivity index (χ4v) is 2.67. The molecule has 2 nitrogen and oxygen atoms in total. The Hall–Kier alpha value is -1.02. The first-order chi connectivity index (χ1) is 9.12. The molecule has 0 bridgehead atoms. The second kappa shape index (κ2) is 5.16. The van der Waals surface area contributed by atoms with E-state index in [0.29, 0.717) is 5.41 Å². The molecule has 2 aliphatic rings. The Morgan fingerprint density at radius 1 is 1.32 bits per heavy atom. The van der Waals surface area contributed by atoms with Gasteiger partial charge < -0.3 is 10.1 Å². The largest absolute Gasteiger partial charge is 0.493 e. The zero-order valence-corrected chi connectivity index (χ0v) is 12.2. The molecule has 1 saturated carbocycles. The quantitative estimate of drug-likeness (QED) is 0.846. The molecule has 1 aromatic rings. The van der Waals surface area contributed by atoms with Crippen LogP contribution in [0.3, 0.4) is 0 Å². The van der Waals surface area contributed by atoms with Crippen molar-refractivity contribution in [2.45, 2.75) is 52.0 Å². The third kappa shape index (κ3) is 3.50. The number of hydrogen-bond donors (Lipinski definition) is 1. The highest BCUT2D eigenvalue weighted by Gasteiger charge is 2.25. The Morgan fingerprint density at radius 3 is 2.95 bits per heavy atom. The van der Waals surface area contributed by atoms with Gasteiger partial charge in [-0.25, -0.2) is 0 Å². The van der Waals surface area contributed by atoms with Gasteiger partial charge in [0, 0.05) is 19.0 Å². The first kappa shape index (κ1) is 13.0. The van der Waals surface area contributed by atoms with Gasteiger partial charge in [-0.3, -0.25) is 0 Å². The summed E-state index contributed by atoms with van der Waals surface area (Å²) >= 11 is 0. The lowest BCUT2D eigenvalue weighted by atomic mass is 9.86. The third-order valence-electron chi connectivity index (χ3n) is 4.29. The molecule has 0 saturated heterocycles. The van der Waals surface area contributed by atoms with Crippen LogP contribution in [0.1, 0.15) is 44.2 Å². The monoisotopic (exact) mass is 259 g/mol. The maximum Gasteiger partial charge on any atom is 0.122 e. The van der Waals surface area contributed by atoms with Crippen molar-refractivity contribution in [2.24, 2.45) is 5.41 Å². The van der Waals surface area contributed by atoms with Gasteiger partial charge in [-0.15, -0.1) is 0 Å². The fraction of sp³-hybridized carbons (Fsp3) is 0.647. The summed E-state index contributed by atoms with van der Waals surface area (Å²) < 4.78 is 5.56. The lowest BCUT2D eigenvalue weighted by molar-refractivity contribution is 0.313. The van der Waals surface area contributed by atoms with Gasteiger partial charge in [0.1, 0.15) is 5.75 Å². The van der Waals surface area contributed by atoms with Crippen molar-refractivity contribution in [1.29, 1.82) is 0 Å². The van der Waals surface area contributed by atoms with Crippen LogP contribution in [0.4, 0.5) is 0 Å². The Bertz CT molecular complexity index is 449. The molecule has 1 aliphatic carbocycles. The Kier molecular flexibility index (Phi) is 3.53. The molecule has 1 heterocycles. The van der Waals surface area contributed by atoms with Crippen molar-refractivity contribution in [3.8, 4) is 5.75 Å². The van der Waals surface area contributed by atoms with E-state index in [1.165, 1.54) is 36.8 Å². The Morgan fingerprint density at radius 2 is 2.16 bits per heavy atom. The predicted octanol–water partition coefficient (Wildman–Crippen LogP) is 3.33. The van der Waals surface area contributed by atoms with Crippen LogP contribution in [-0.2, 0) is 12.8 Å². The van der Waals surface area contributed by atoms with Gasteiger partial charge in [0.25, 0.3) is 0 Å². The minimum absolute atomic E-state index is 0.387. The molecule has 0 amide bonds. The molecule has 1 aliphatic heterocycles. The van der Waals surface area contributed by atoms with Crippen LogP contribution in [0.5, 0.6) is 5.75 Å². The van der Waals surface area contributed by atoms with Gasteiger partial charge in [0.15, 0.2) is 0 Å². The lowest BCUT2D eigenvalue weighted by Crippen LogP contribution is -2.31. The summed E-state index contributed by atoms with van der Waals surface area (Å²) in [6.45, 7) is 6.75. The molecule has 3 rings (SSSR count). The van der Waals surface area contributed by atoms with Crippen LogP contribution in [0.15, 0.2) is 18.2 Å². The Labute approximate surface area is 116 Å². The second-order valence-corrected chi connectivity index (χ2v) is 6.86. The second-order valence-electron chi connectivity index (χ2n) is 6.86. The van der Waals surface area contributed by atoms with Gasteiger partial charge in [-0.2, -0.15) is 0 Å². The van der Waals surface area contributed by atoms with Gasteiger partial charge in [-0.1, -0.05) is 26.0 Å². The summed E-state index contributed by atoms with van der Waals surface area (Å²) in [5, 5.41) is 3.65. The molecule has 0 radical (unpaired) electrons. The molecular formula is C17H25NO. The normalized spacial score (nSPS) is 18.2. The van der Waals surface area contributed by atoms with Crippen LogP contribution in [0.25, 0.3) is 0 Å². The fourth-order valence-electron chi connectivity index (χ4n) is 2.67. The summed E-state index contributed by atoms with van der Waals surface area (Å²) in [5.41, 5.74) is 3.24. The summed E-state index contributed by atoms with van der Waals surface area (Å²) in [4.78, 5) is 0. The number of nitrogens with one attached hydrogen (secondary N) is 1. The number of fused-ring (bicyclic) bond motifs is 1. The van der Waals surface area contributed by atoms with Crippen LogP contribution < -0.4 is 10.1 Å². The number of rotatable bonds is 6. The van der Waals surface area contributed by atoms with E-state index >= 15 is 0 Å². The van der Waals surface area contributed by atoms with E-state index in [-0.39, 0.29) is 0 Å². The molecule has 0 aromatic heterocycles. The van der Waals surface area contributed by atoms with Gasteiger partial charge in [0.2, 0.25) is 0 Å². The zero-order chi connectivity index (χ0) is 13.3. The minimum atomic E-state index is 0.387. The maximum absolute atomic E-state index is 5.56. The number of aryl methyl sites for hydroxylation is 1. The summed E-state index contributed by atoms with van der Waals surface area (Å²) in [6, 6.07) is 7.53. The molecule has 1 aromatic carbocycles. The smallest absolute Gasteiger partial charge is 0.122 e. The Balaban J connectivity index is 1.52. The summed E-state index contributed by atoms with van der Waals surface area (Å²) in [5.74, 6) is 1.10. The van der Waals surface area contributed by atoms with Crippen molar-refractivity contribution >= 4 is 0 Å². The molecule has 2 heteroatoms. The zero-order valence-electron chi connectivity index (χ0n) is 12.2. The maximum atomic E-state index is 5.56. The first-order valence-corrected chi connectivity index (χ1v) is 7.60. The molecule has 19 heavy (non-hydrogen) atoms. The molecule has 1 fully saturated rings. The molecule has 0 spiro atoms. The molecule has 0 atom stereocenters. The minimum Gasteiger partial charge on any atom is -0.493 e. The number of ether oxygens (including phenoxy) is 1. The third-order valence-corrected chi connectivity index (χ3v) is 4.29. The number of benzene rings is 1. The van der Waals surface area contributed by atoms with E-state index in [2.05, 4.69) is 37.4 Å². The predicted molar refractivity (Wildman–Crippen MR) is 78.8 cm³/mol. The van der Waals surface area contributed by atoms with Crippen molar-refractivity contribution in [3.05, 3.63) is 29.3 Å². The van der Waals surface area contributed by atoms with Gasteiger partial charge in [-0.05, 0) is 48.3 Å². The van der Waals surface area contributed by atoms with E-state index in [4.69, 9.17) is 4.74 Å². The van der Waals surface area contributed by atoms with Gasteiger partial charge in [0.05, 0.1) is 6.61 Å². The van der Waals surface area contributed by atoms with Crippen molar-refractivity contribution in [2.75, 3.05) is 13.2 Å². The van der Waals surface area contributed by atoms with Crippen LogP contribution in [0.2, 0.25) is 0 Å².